The van der Waals surface area contributed by atoms with Crippen molar-refractivity contribution in [1.82, 2.24) is 5.43 Å². The Hall–Kier alpha value is -0.120. The van der Waals surface area contributed by atoms with Crippen molar-refractivity contribution < 1.29 is 4.74 Å². The van der Waals surface area contributed by atoms with Crippen molar-refractivity contribution in [2.45, 2.75) is 32.2 Å². The number of nitrogens with one attached hydrogen (secondary N) is 1. The predicted molar refractivity (Wildman–Crippen MR) is 44.9 cm³/mol. The molecule has 0 aromatic carbocycles. The molecule has 0 aromatic heterocycles. The molecule has 1 saturated heterocycles. The average molecular weight is 158 g/mol. The maximum absolute atomic E-state index is 5.41. The van der Waals surface area contributed by atoms with Crippen LogP contribution in [0.25, 0.3) is 0 Å². The fraction of sp³-hybridized carbons (Fsp3) is 1.00. The number of hydrogen-bond acceptors (Lipinski definition) is 3. The van der Waals surface area contributed by atoms with Gasteiger partial charge in [0.1, 0.15) is 0 Å². The van der Waals surface area contributed by atoms with Gasteiger partial charge < -0.3 is 4.74 Å². The second kappa shape index (κ2) is 4.70. The van der Waals surface area contributed by atoms with E-state index in [1.165, 1.54) is 12.8 Å². The van der Waals surface area contributed by atoms with Gasteiger partial charge in [0.05, 0.1) is 6.61 Å². The molecule has 3 heteroatoms. The van der Waals surface area contributed by atoms with Crippen molar-refractivity contribution in [2.24, 2.45) is 11.8 Å². The highest BCUT2D eigenvalue weighted by molar-refractivity contribution is 4.75. The Morgan fingerprint density at radius 1 is 1.73 bits per heavy atom. The monoisotopic (exact) mass is 158 g/mol. The summed E-state index contributed by atoms with van der Waals surface area (Å²) in [7, 11) is 0. The molecule has 2 atom stereocenters. The standard InChI is InChI=1S/C8H18N2O/c1-2-8(10-9)7-4-3-5-11-6-7/h7-8,10H,2-6,9H2,1H3. The molecule has 1 heterocycles. The molecule has 0 spiro atoms. The van der Waals surface area contributed by atoms with Crippen LogP contribution in [0.15, 0.2) is 0 Å². The largest absolute Gasteiger partial charge is 0.381 e. The van der Waals surface area contributed by atoms with Gasteiger partial charge in [0.2, 0.25) is 0 Å². The maximum Gasteiger partial charge on any atom is 0.0509 e. The highest BCUT2D eigenvalue weighted by atomic mass is 16.5. The van der Waals surface area contributed by atoms with Crippen LogP contribution in [0.1, 0.15) is 26.2 Å². The van der Waals surface area contributed by atoms with Crippen LogP contribution < -0.4 is 11.3 Å². The minimum absolute atomic E-state index is 0.440. The topological polar surface area (TPSA) is 47.3 Å². The zero-order valence-corrected chi connectivity index (χ0v) is 7.18. The maximum atomic E-state index is 5.41. The molecule has 0 saturated carbocycles. The molecule has 2 unspecified atom stereocenters. The second-order valence-electron chi connectivity index (χ2n) is 3.16. The van der Waals surface area contributed by atoms with Crippen molar-refractivity contribution >= 4 is 0 Å². The third-order valence-electron chi connectivity index (χ3n) is 2.42. The Morgan fingerprint density at radius 2 is 2.55 bits per heavy atom. The molecule has 0 radical (unpaired) electrons. The van der Waals surface area contributed by atoms with Crippen molar-refractivity contribution in [2.75, 3.05) is 13.2 Å². The van der Waals surface area contributed by atoms with Gasteiger partial charge in [0, 0.05) is 12.6 Å². The minimum Gasteiger partial charge on any atom is -0.381 e. The molecule has 0 bridgehead atoms. The zero-order chi connectivity index (χ0) is 8.10. The third-order valence-corrected chi connectivity index (χ3v) is 2.42. The summed E-state index contributed by atoms with van der Waals surface area (Å²) in [6.07, 6.45) is 3.52. The molecule has 1 fully saturated rings. The van der Waals surface area contributed by atoms with Gasteiger partial charge >= 0.3 is 0 Å². The third kappa shape index (κ3) is 2.43. The molecular weight excluding hydrogens is 140 g/mol. The summed E-state index contributed by atoms with van der Waals surface area (Å²) < 4.78 is 5.37. The van der Waals surface area contributed by atoms with Gasteiger partial charge in [0.25, 0.3) is 0 Å². The Labute approximate surface area is 68.3 Å². The van der Waals surface area contributed by atoms with Gasteiger partial charge in [-0.15, -0.1) is 0 Å². The summed E-state index contributed by atoms with van der Waals surface area (Å²) >= 11 is 0. The van der Waals surface area contributed by atoms with E-state index in [4.69, 9.17) is 10.6 Å². The van der Waals surface area contributed by atoms with E-state index in [1.807, 2.05) is 0 Å². The second-order valence-corrected chi connectivity index (χ2v) is 3.16. The Kier molecular flexibility index (Phi) is 3.83. The van der Waals surface area contributed by atoms with E-state index in [1.54, 1.807) is 0 Å². The van der Waals surface area contributed by atoms with Gasteiger partial charge in [0.15, 0.2) is 0 Å². The lowest BCUT2D eigenvalue weighted by Gasteiger charge is -2.28. The van der Waals surface area contributed by atoms with Crippen molar-refractivity contribution in [3.8, 4) is 0 Å². The van der Waals surface area contributed by atoms with E-state index >= 15 is 0 Å². The lowest BCUT2D eigenvalue weighted by Crippen LogP contribution is -2.43. The van der Waals surface area contributed by atoms with E-state index < -0.39 is 0 Å². The normalized spacial score (nSPS) is 28.4. The van der Waals surface area contributed by atoms with Gasteiger partial charge in [-0.1, -0.05) is 6.92 Å². The Bertz CT molecular complexity index is 98.3. The lowest BCUT2D eigenvalue weighted by atomic mass is 9.93. The SMILES string of the molecule is CCC(NN)C1CCCOC1. The number of rotatable bonds is 3. The number of ether oxygens (including phenoxy) is 1. The Balaban J connectivity index is 2.30. The van der Waals surface area contributed by atoms with Crippen molar-refractivity contribution in [3.63, 3.8) is 0 Å². The van der Waals surface area contributed by atoms with Crippen LogP contribution in [0.4, 0.5) is 0 Å². The molecule has 1 rings (SSSR count). The smallest absolute Gasteiger partial charge is 0.0509 e. The first kappa shape index (κ1) is 8.97. The van der Waals surface area contributed by atoms with Crippen molar-refractivity contribution in [1.29, 1.82) is 0 Å². The van der Waals surface area contributed by atoms with Crippen LogP contribution in [-0.2, 0) is 4.74 Å². The fourth-order valence-electron chi connectivity index (χ4n) is 1.67. The minimum atomic E-state index is 0.440. The molecule has 11 heavy (non-hydrogen) atoms. The van der Waals surface area contributed by atoms with Crippen molar-refractivity contribution in [3.05, 3.63) is 0 Å². The number of nitrogens with two attached hydrogens (primary N) is 1. The molecule has 0 amide bonds. The first-order chi connectivity index (χ1) is 5.38. The van der Waals surface area contributed by atoms with E-state index in [-0.39, 0.29) is 0 Å². The van der Waals surface area contributed by atoms with Crippen LogP contribution in [0.2, 0.25) is 0 Å². The first-order valence-corrected chi connectivity index (χ1v) is 4.42. The van der Waals surface area contributed by atoms with E-state index in [2.05, 4.69) is 12.3 Å². The molecular formula is C8H18N2O. The first-order valence-electron chi connectivity index (χ1n) is 4.42. The van der Waals surface area contributed by atoms with E-state index in [0.717, 1.165) is 19.6 Å². The number of hydrogen-bond donors (Lipinski definition) is 2. The molecule has 3 nitrogen and oxygen atoms in total. The highest BCUT2D eigenvalue weighted by Gasteiger charge is 2.21. The van der Waals surface area contributed by atoms with Gasteiger partial charge in [-0.05, 0) is 25.2 Å². The highest BCUT2D eigenvalue weighted by Crippen LogP contribution is 2.18. The van der Waals surface area contributed by atoms with Crippen LogP contribution in [-0.4, -0.2) is 19.3 Å². The van der Waals surface area contributed by atoms with Gasteiger partial charge in [-0.2, -0.15) is 0 Å². The summed E-state index contributed by atoms with van der Waals surface area (Å²) in [5.74, 6) is 6.03. The summed E-state index contributed by atoms with van der Waals surface area (Å²) in [6, 6.07) is 0.440. The van der Waals surface area contributed by atoms with E-state index in [9.17, 15) is 0 Å². The quantitative estimate of drug-likeness (QED) is 0.468. The molecule has 1 aliphatic heterocycles. The van der Waals surface area contributed by atoms with Gasteiger partial charge in [-0.25, -0.2) is 0 Å². The summed E-state index contributed by atoms with van der Waals surface area (Å²) in [6.45, 7) is 3.96. The van der Waals surface area contributed by atoms with Crippen LogP contribution >= 0.6 is 0 Å². The van der Waals surface area contributed by atoms with E-state index in [0.29, 0.717) is 12.0 Å². The summed E-state index contributed by atoms with van der Waals surface area (Å²) in [5, 5.41) is 0. The van der Waals surface area contributed by atoms with Gasteiger partial charge in [-0.3, -0.25) is 11.3 Å². The molecule has 0 aliphatic carbocycles. The predicted octanol–water partition coefficient (Wildman–Crippen LogP) is 0.655. The zero-order valence-electron chi connectivity index (χ0n) is 7.18. The average Bonchev–Trinajstić information content (AvgIpc) is 2.09. The van der Waals surface area contributed by atoms with Crippen LogP contribution in [0.5, 0.6) is 0 Å². The van der Waals surface area contributed by atoms with Crippen LogP contribution in [0, 0.1) is 5.92 Å². The number of hydrazine groups is 1. The lowest BCUT2D eigenvalue weighted by molar-refractivity contribution is 0.0387. The summed E-state index contributed by atoms with van der Waals surface area (Å²) in [5.41, 5.74) is 2.84. The molecule has 66 valence electrons. The molecule has 3 N–H and O–H groups in total. The summed E-state index contributed by atoms with van der Waals surface area (Å²) in [4.78, 5) is 0. The Morgan fingerprint density at radius 3 is 3.00 bits per heavy atom. The molecule has 0 aromatic rings. The molecule has 1 aliphatic rings. The van der Waals surface area contributed by atoms with Crippen LogP contribution in [0.3, 0.4) is 0 Å². The fourth-order valence-corrected chi connectivity index (χ4v) is 1.67.